The van der Waals surface area contributed by atoms with Crippen molar-refractivity contribution in [3.8, 4) is 0 Å². The van der Waals surface area contributed by atoms with Crippen LogP contribution >= 0.6 is 0 Å². The van der Waals surface area contributed by atoms with Crippen LogP contribution in [0.3, 0.4) is 0 Å². The van der Waals surface area contributed by atoms with E-state index < -0.39 is 0 Å². The lowest BCUT2D eigenvalue weighted by molar-refractivity contribution is 0.170. The Balaban J connectivity index is 2.41. The van der Waals surface area contributed by atoms with Gasteiger partial charge in [-0.3, -0.25) is 0 Å². The Kier molecular flexibility index (Phi) is 3.53. The third-order valence-corrected chi connectivity index (χ3v) is 3.03. The quantitative estimate of drug-likeness (QED) is 0.666. The van der Waals surface area contributed by atoms with E-state index in [1.54, 1.807) is 0 Å². The summed E-state index contributed by atoms with van der Waals surface area (Å²) in [7, 11) is 2.04. The van der Waals surface area contributed by atoms with Crippen molar-refractivity contribution in [2.45, 2.75) is 26.7 Å². The molecule has 0 aromatic heterocycles. The molecule has 0 spiro atoms. The topological polar surface area (TPSA) is 24.1 Å². The van der Waals surface area contributed by atoms with Gasteiger partial charge in [0.05, 0.1) is 0 Å². The molecule has 0 bridgehead atoms. The molecule has 1 heterocycles. The number of hydrogen-bond donors (Lipinski definition) is 2. The van der Waals surface area contributed by atoms with E-state index in [4.69, 9.17) is 0 Å². The van der Waals surface area contributed by atoms with Crippen LogP contribution in [0.1, 0.15) is 26.7 Å². The van der Waals surface area contributed by atoms with E-state index in [0.29, 0.717) is 5.41 Å². The highest BCUT2D eigenvalue weighted by Crippen LogP contribution is 2.30. The predicted molar refractivity (Wildman–Crippen MR) is 53.3 cm³/mol. The van der Waals surface area contributed by atoms with Crippen molar-refractivity contribution >= 4 is 0 Å². The third-order valence-electron chi connectivity index (χ3n) is 3.03. The number of nitrogens with one attached hydrogen (secondary N) is 2. The van der Waals surface area contributed by atoms with Crippen LogP contribution < -0.4 is 10.6 Å². The SMILES string of the molecule is CNCC(C)(C)C1CCCNC1. The summed E-state index contributed by atoms with van der Waals surface area (Å²) in [5, 5.41) is 6.75. The average molecular weight is 170 g/mol. The van der Waals surface area contributed by atoms with E-state index in [2.05, 4.69) is 24.5 Å². The second kappa shape index (κ2) is 4.24. The van der Waals surface area contributed by atoms with Crippen LogP contribution in [0.25, 0.3) is 0 Å². The van der Waals surface area contributed by atoms with Crippen molar-refractivity contribution in [1.82, 2.24) is 10.6 Å². The van der Waals surface area contributed by atoms with E-state index in [9.17, 15) is 0 Å². The second-order valence-corrected chi connectivity index (χ2v) is 4.56. The van der Waals surface area contributed by atoms with Crippen LogP contribution in [0.5, 0.6) is 0 Å². The van der Waals surface area contributed by atoms with E-state index in [1.165, 1.54) is 25.9 Å². The minimum Gasteiger partial charge on any atom is -0.319 e. The molecule has 1 saturated heterocycles. The van der Waals surface area contributed by atoms with Crippen LogP contribution in [0, 0.1) is 11.3 Å². The number of rotatable bonds is 3. The molecule has 0 aliphatic carbocycles. The molecule has 72 valence electrons. The monoisotopic (exact) mass is 170 g/mol. The van der Waals surface area contributed by atoms with Crippen LogP contribution in [0.15, 0.2) is 0 Å². The Morgan fingerprint density at radius 2 is 2.25 bits per heavy atom. The van der Waals surface area contributed by atoms with Gasteiger partial charge in [0, 0.05) is 6.54 Å². The maximum Gasteiger partial charge on any atom is 0.000264 e. The first-order chi connectivity index (χ1) is 5.67. The zero-order valence-electron chi connectivity index (χ0n) is 8.61. The maximum absolute atomic E-state index is 3.47. The highest BCUT2D eigenvalue weighted by Gasteiger charge is 2.29. The molecule has 2 heteroatoms. The van der Waals surface area contributed by atoms with Gasteiger partial charge in [-0.05, 0) is 44.3 Å². The van der Waals surface area contributed by atoms with Crippen LogP contribution in [-0.2, 0) is 0 Å². The van der Waals surface area contributed by atoms with E-state index in [-0.39, 0.29) is 0 Å². The lowest BCUT2D eigenvalue weighted by Gasteiger charge is -2.37. The fourth-order valence-corrected chi connectivity index (χ4v) is 2.12. The van der Waals surface area contributed by atoms with Crippen molar-refractivity contribution < 1.29 is 0 Å². The molecule has 2 N–H and O–H groups in total. The van der Waals surface area contributed by atoms with Gasteiger partial charge in [-0.2, -0.15) is 0 Å². The molecule has 0 amide bonds. The van der Waals surface area contributed by atoms with Crippen molar-refractivity contribution in [1.29, 1.82) is 0 Å². The molecule has 0 aromatic carbocycles. The molecule has 2 nitrogen and oxygen atoms in total. The molecule has 1 aliphatic rings. The van der Waals surface area contributed by atoms with Crippen molar-refractivity contribution in [3.05, 3.63) is 0 Å². The highest BCUT2D eigenvalue weighted by molar-refractivity contribution is 4.83. The minimum atomic E-state index is 0.447. The van der Waals surface area contributed by atoms with E-state index >= 15 is 0 Å². The van der Waals surface area contributed by atoms with Crippen LogP contribution in [0.2, 0.25) is 0 Å². The first-order valence-corrected chi connectivity index (χ1v) is 5.02. The summed E-state index contributed by atoms with van der Waals surface area (Å²) >= 11 is 0. The summed E-state index contributed by atoms with van der Waals surface area (Å²) in [6, 6.07) is 0. The molecule has 0 aromatic rings. The van der Waals surface area contributed by atoms with E-state index in [0.717, 1.165) is 12.5 Å². The Hall–Kier alpha value is -0.0800. The molecule has 1 fully saturated rings. The van der Waals surface area contributed by atoms with Crippen molar-refractivity contribution in [3.63, 3.8) is 0 Å². The highest BCUT2D eigenvalue weighted by atomic mass is 14.9. The fourth-order valence-electron chi connectivity index (χ4n) is 2.12. The van der Waals surface area contributed by atoms with Gasteiger partial charge in [-0.15, -0.1) is 0 Å². The number of hydrogen-bond acceptors (Lipinski definition) is 2. The molecule has 1 aliphatic heterocycles. The second-order valence-electron chi connectivity index (χ2n) is 4.56. The van der Waals surface area contributed by atoms with E-state index in [1.807, 2.05) is 7.05 Å². The Morgan fingerprint density at radius 3 is 2.75 bits per heavy atom. The molecule has 0 saturated carbocycles. The standard InChI is InChI=1S/C10H22N2/c1-10(2,8-11-3)9-5-4-6-12-7-9/h9,11-12H,4-8H2,1-3H3. The minimum absolute atomic E-state index is 0.447. The largest absolute Gasteiger partial charge is 0.319 e. The predicted octanol–water partition coefficient (Wildman–Crippen LogP) is 1.23. The van der Waals surface area contributed by atoms with Crippen molar-refractivity contribution in [2.24, 2.45) is 11.3 Å². The molecule has 0 radical (unpaired) electrons. The first kappa shape index (κ1) is 10.0. The normalized spacial score (nSPS) is 25.8. The van der Waals surface area contributed by atoms with Gasteiger partial charge < -0.3 is 10.6 Å². The number of piperidine rings is 1. The zero-order valence-corrected chi connectivity index (χ0v) is 8.61. The smallest absolute Gasteiger partial charge is 0.000264 e. The lowest BCUT2D eigenvalue weighted by Crippen LogP contribution is -2.42. The summed E-state index contributed by atoms with van der Waals surface area (Å²) in [5.74, 6) is 0.846. The van der Waals surface area contributed by atoms with Gasteiger partial charge in [0.1, 0.15) is 0 Å². The molecule has 1 unspecified atom stereocenters. The zero-order chi connectivity index (χ0) is 9.03. The average Bonchev–Trinajstić information content (AvgIpc) is 2.06. The lowest BCUT2D eigenvalue weighted by atomic mass is 9.75. The maximum atomic E-state index is 3.47. The first-order valence-electron chi connectivity index (χ1n) is 5.02. The summed E-state index contributed by atoms with van der Waals surface area (Å²) in [6.45, 7) is 8.27. The van der Waals surface area contributed by atoms with Crippen molar-refractivity contribution in [2.75, 3.05) is 26.7 Å². The van der Waals surface area contributed by atoms with Crippen LogP contribution in [-0.4, -0.2) is 26.7 Å². The summed E-state index contributed by atoms with van der Waals surface area (Å²) in [6.07, 6.45) is 2.74. The molecule has 1 atom stereocenters. The Morgan fingerprint density at radius 1 is 1.50 bits per heavy atom. The fraction of sp³-hybridized carbons (Fsp3) is 1.00. The van der Waals surface area contributed by atoms with Gasteiger partial charge in [0.15, 0.2) is 0 Å². The van der Waals surface area contributed by atoms with Gasteiger partial charge >= 0.3 is 0 Å². The Bertz CT molecular complexity index is 126. The van der Waals surface area contributed by atoms with Gasteiger partial charge in [-0.1, -0.05) is 13.8 Å². The third kappa shape index (κ3) is 2.46. The van der Waals surface area contributed by atoms with Crippen LogP contribution in [0.4, 0.5) is 0 Å². The van der Waals surface area contributed by atoms with Gasteiger partial charge in [0.25, 0.3) is 0 Å². The summed E-state index contributed by atoms with van der Waals surface area (Å²) < 4.78 is 0. The van der Waals surface area contributed by atoms with Gasteiger partial charge in [0.2, 0.25) is 0 Å². The summed E-state index contributed by atoms with van der Waals surface area (Å²) in [5.41, 5.74) is 0.447. The molecular weight excluding hydrogens is 148 g/mol. The molecule has 1 rings (SSSR count). The molecule has 12 heavy (non-hydrogen) atoms. The summed E-state index contributed by atoms with van der Waals surface area (Å²) in [4.78, 5) is 0. The Labute approximate surface area is 76.1 Å². The van der Waals surface area contributed by atoms with Gasteiger partial charge in [-0.25, -0.2) is 0 Å². The molecular formula is C10H22N2.